The minimum Gasteiger partial charge on any atom is -0.340 e. The lowest BCUT2D eigenvalue weighted by molar-refractivity contribution is 0.490. The van der Waals surface area contributed by atoms with E-state index in [1.165, 1.54) is 16.8 Å². The van der Waals surface area contributed by atoms with E-state index in [1.807, 2.05) is 6.07 Å². The molecule has 2 rings (SSSR count). The molecule has 1 heterocycles. The number of terminal acetylenes is 1. The molecule has 0 saturated heterocycles. The Balaban J connectivity index is 2.56. The van der Waals surface area contributed by atoms with Crippen molar-refractivity contribution in [2.75, 3.05) is 6.54 Å². The molecule has 0 unspecified atom stereocenters. The topological polar surface area (TPSA) is 3.24 Å². The molecule has 0 fully saturated rings. The second kappa shape index (κ2) is 5.63. The van der Waals surface area contributed by atoms with Gasteiger partial charge in [-0.05, 0) is 30.6 Å². The van der Waals surface area contributed by atoms with Crippen molar-refractivity contribution in [2.24, 2.45) is 0 Å². The summed E-state index contributed by atoms with van der Waals surface area (Å²) in [5, 5.41) is 0. The second-order valence-corrected chi connectivity index (χ2v) is 4.70. The molecule has 0 aliphatic carbocycles. The molecule has 0 aromatic heterocycles. The minimum atomic E-state index is 0.880. The Kier molecular flexibility index (Phi) is 3.92. The van der Waals surface area contributed by atoms with Gasteiger partial charge in [0.05, 0.1) is 5.70 Å². The monoisotopic (exact) mass is 249 g/mol. The van der Waals surface area contributed by atoms with Gasteiger partial charge < -0.3 is 4.90 Å². The maximum absolute atomic E-state index is 5.57. The molecule has 19 heavy (non-hydrogen) atoms. The van der Waals surface area contributed by atoms with Crippen LogP contribution in [-0.4, -0.2) is 11.4 Å². The minimum absolute atomic E-state index is 0.880. The fourth-order valence-corrected chi connectivity index (χ4v) is 2.44. The SMILES string of the molecule is C#CC1=CC(C)=C(c2ccccc2)N(CCC)C1=C. The molecule has 1 heteroatoms. The molecule has 1 aromatic rings. The third-order valence-electron chi connectivity index (χ3n) is 3.29. The highest BCUT2D eigenvalue weighted by Crippen LogP contribution is 2.34. The van der Waals surface area contributed by atoms with Gasteiger partial charge >= 0.3 is 0 Å². The Morgan fingerprint density at radius 2 is 1.95 bits per heavy atom. The molecule has 0 saturated carbocycles. The number of rotatable bonds is 3. The fourth-order valence-electron chi connectivity index (χ4n) is 2.44. The normalized spacial score (nSPS) is 15.3. The van der Waals surface area contributed by atoms with Crippen molar-refractivity contribution in [3.8, 4) is 12.3 Å². The Morgan fingerprint density at radius 3 is 2.53 bits per heavy atom. The number of allylic oxidation sites excluding steroid dienone is 3. The Bertz CT molecular complexity index is 582. The van der Waals surface area contributed by atoms with E-state index >= 15 is 0 Å². The molecule has 1 aromatic carbocycles. The van der Waals surface area contributed by atoms with Crippen LogP contribution in [0, 0.1) is 12.3 Å². The van der Waals surface area contributed by atoms with Gasteiger partial charge in [-0.2, -0.15) is 0 Å². The van der Waals surface area contributed by atoms with Gasteiger partial charge in [0, 0.05) is 17.8 Å². The quantitative estimate of drug-likeness (QED) is 0.725. The van der Waals surface area contributed by atoms with Crippen molar-refractivity contribution in [1.82, 2.24) is 4.90 Å². The highest BCUT2D eigenvalue weighted by Gasteiger charge is 2.22. The van der Waals surface area contributed by atoms with Gasteiger partial charge in [-0.15, -0.1) is 6.42 Å². The second-order valence-electron chi connectivity index (χ2n) is 4.70. The Labute approximate surface area is 115 Å². The highest BCUT2D eigenvalue weighted by atomic mass is 15.2. The Hall–Kier alpha value is -2.20. The summed E-state index contributed by atoms with van der Waals surface area (Å²) in [6.07, 6.45) is 8.68. The lowest BCUT2D eigenvalue weighted by Gasteiger charge is -2.33. The number of hydrogen-bond donors (Lipinski definition) is 0. The molecule has 0 atom stereocenters. The molecule has 1 nitrogen and oxygen atoms in total. The van der Waals surface area contributed by atoms with Crippen LogP contribution in [0.3, 0.4) is 0 Å². The zero-order valence-corrected chi connectivity index (χ0v) is 11.6. The summed E-state index contributed by atoms with van der Waals surface area (Å²) < 4.78 is 0. The molecule has 1 aliphatic rings. The first kappa shape index (κ1) is 13.2. The first-order valence-corrected chi connectivity index (χ1v) is 6.60. The lowest BCUT2D eigenvalue weighted by Crippen LogP contribution is -2.26. The molecule has 0 N–H and O–H groups in total. The van der Waals surface area contributed by atoms with Crippen molar-refractivity contribution >= 4 is 5.70 Å². The van der Waals surface area contributed by atoms with E-state index in [0.29, 0.717) is 0 Å². The maximum Gasteiger partial charge on any atom is 0.0514 e. The summed E-state index contributed by atoms with van der Waals surface area (Å²) in [5.74, 6) is 2.73. The van der Waals surface area contributed by atoms with Gasteiger partial charge in [0.2, 0.25) is 0 Å². The van der Waals surface area contributed by atoms with Crippen molar-refractivity contribution < 1.29 is 0 Å². The summed E-state index contributed by atoms with van der Waals surface area (Å²) in [6.45, 7) is 9.36. The summed E-state index contributed by atoms with van der Waals surface area (Å²) in [7, 11) is 0. The van der Waals surface area contributed by atoms with Crippen molar-refractivity contribution in [3.05, 3.63) is 65.4 Å². The van der Waals surface area contributed by atoms with Crippen molar-refractivity contribution in [2.45, 2.75) is 20.3 Å². The average Bonchev–Trinajstić information content (AvgIpc) is 2.44. The molecule has 0 bridgehead atoms. The Morgan fingerprint density at radius 1 is 1.26 bits per heavy atom. The van der Waals surface area contributed by atoms with Crippen LogP contribution in [0.2, 0.25) is 0 Å². The van der Waals surface area contributed by atoms with Crippen LogP contribution >= 0.6 is 0 Å². The predicted molar refractivity (Wildman–Crippen MR) is 82.1 cm³/mol. The summed E-state index contributed by atoms with van der Waals surface area (Å²) in [4.78, 5) is 2.24. The van der Waals surface area contributed by atoms with E-state index in [0.717, 1.165) is 24.2 Å². The molecule has 1 aliphatic heterocycles. The van der Waals surface area contributed by atoms with Crippen LogP contribution in [0.4, 0.5) is 0 Å². The molecular weight excluding hydrogens is 230 g/mol. The third-order valence-corrected chi connectivity index (χ3v) is 3.29. The number of nitrogens with zero attached hydrogens (tertiary/aromatic N) is 1. The van der Waals surface area contributed by atoms with Gasteiger partial charge in [-0.3, -0.25) is 0 Å². The van der Waals surface area contributed by atoms with E-state index in [-0.39, 0.29) is 0 Å². The van der Waals surface area contributed by atoms with Crippen LogP contribution < -0.4 is 0 Å². The molecular formula is C18H19N. The summed E-state index contributed by atoms with van der Waals surface area (Å²) in [6, 6.07) is 10.4. The van der Waals surface area contributed by atoms with Gasteiger partial charge in [-0.1, -0.05) is 49.8 Å². The average molecular weight is 249 g/mol. The van der Waals surface area contributed by atoms with Crippen molar-refractivity contribution in [1.29, 1.82) is 0 Å². The van der Waals surface area contributed by atoms with E-state index in [2.05, 4.69) is 61.6 Å². The largest absolute Gasteiger partial charge is 0.340 e. The smallest absolute Gasteiger partial charge is 0.0514 e. The van der Waals surface area contributed by atoms with Crippen LogP contribution in [0.5, 0.6) is 0 Å². The van der Waals surface area contributed by atoms with Crippen LogP contribution in [0.1, 0.15) is 25.8 Å². The molecule has 96 valence electrons. The zero-order chi connectivity index (χ0) is 13.8. The van der Waals surface area contributed by atoms with E-state index in [4.69, 9.17) is 6.42 Å². The summed E-state index contributed by atoms with van der Waals surface area (Å²) in [5.41, 5.74) is 5.42. The maximum atomic E-state index is 5.57. The number of benzene rings is 1. The van der Waals surface area contributed by atoms with Crippen molar-refractivity contribution in [3.63, 3.8) is 0 Å². The van der Waals surface area contributed by atoms with E-state index in [9.17, 15) is 0 Å². The van der Waals surface area contributed by atoms with Gasteiger partial charge in [0.1, 0.15) is 0 Å². The van der Waals surface area contributed by atoms with Gasteiger partial charge in [0.15, 0.2) is 0 Å². The van der Waals surface area contributed by atoms with E-state index in [1.54, 1.807) is 0 Å². The first-order valence-electron chi connectivity index (χ1n) is 6.60. The molecule has 0 spiro atoms. The molecule has 0 amide bonds. The standard InChI is InChI=1S/C18H19N/c1-5-12-19-15(4)16(6-2)13-14(3)18(19)17-10-8-7-9-11-17/h2,7-11,13H,4-5,12H2,1,3H3. The van der Waals surface area contributed by atoms with Gasteiger partial charge in [0.25, 0.3) is 0 Å². The lowest BCUT2D eigenvalue weighted by atomic mass is 9.97. The van der Waals surface area contributed by atoms with Crippen LogP contribution in [-0.2, 0) is 0 Å². The van der Waals surface area contributed by atoms with E-state index < -0.39 is 0 Å². The van der Waals surface area contributed by atoms with Gasteiger partial charge in [-0.25, -0.2) is 0 Å². The van der Waals surface area contributed by atoms with Crippen LogP contribution in [0.25, 0.3) is 5.70 Å². The highest BCUT2D eigenvalue weighted by molar-refractivity contribution is 5.75. The first-order chi connectivity index (χ1) is 9.19. The number of hydrogen-bond acceptors (Lipinski definition) is 1. The summed E-state index contributed by atoms with van der Waals surface area (Å²) >= 11 is 0. The predicted octanol–water partition coefficient (Wildman–Crippen LogP) is 4.22. The zero-order valence-electron chi connectivity index (χ0n) is 11.6. The molecule has 0 radical (unpaired) electrons. The fraction of sp³-hybridized carbons (Fsp3) is 0.222. The van der Waals surface area contributed by atoms with Crippen LogP contribution in [0.15, 0.2) is 59.8 Å². The third kappa shape index (κ3) is 2.48.